The Hall–Kier alpha value is -3.17. The summed E-state index contributed by atoms with van der Waals surface area (Å²) >= 11 is 3.40. The third-order valence-corrected chi connectivity index (χ3v) is 7.76. The SMILES string of the molecule is CCNC(=O)[C@@H](C)N(Cc1ccc(Br)cc1)C(=O)CN(c1ccccc1)S(=O)(=O)c1ccccc1. The van der Waals surface area contributed by atoms with Gasteiger partial charge in [0.05, 0.1) is 10.6 Å². The van der Waals surface area contributed by atoms with Gasteiger partial charge < -0.3 is 10.2 Å². The molecule has 1 N–H and O–H groups in total. The number of carbonyl (C=O) groups is 2. The Morgan fingerprint density at radius 2 is 1.49 bits per heavy atom. The van der Waals surface area contributed by atoms with E-state index in [0.29, 0.717) is 12.2 Å². The van der Waals surface area contributed by atoms with Crippen LogP contribution in [0, 0.1) is 0 Å². The van der Waals surface area contributed by atoms with Crippen molar-refractivity contribution in [1.82, 2.24) is 10.2 Å². The van der Waals surface area contributed by atoms with Gasteiger partial charge in [-0.25, -0.2) is 8.42 Å². The molecule has 3 rings (SSSR count). The smallest absolute Gasteiger partial charge is 0.264 e. The lowest BCUT2D eigenvalue weighted by molar-refractivity contribution is -0.139. The van der Waals surface area contributed by atoms with Crippen LogP contribution in [0.5, 0.6) is 0 Å². The number of nitrogens with one attached hydrogen (secondary N) is 1. The van der Waals surface area contributed by atoms with E-state index in [0.717, 1.165) is 14.3 Å². The van der Waals surface area contributed by atoms with Gasteiger partial charge in [-0.3, -0.25) is 13.9 Å². The molecule has 0 fully saturated rings. The summed E-state index contributed by atoms with van der Waals surface area (Å²) in [4.78, 5) is 27.8. The quantitative estimate of drug-likeness (QED) is 0.404. The van der Waals surface area contributed by atoms with Crippen LogP contribution in [0.3, 0.4) is 0 Å². The summed E-state index contributed by atoms with van der Waals surface area (Å²) in [5.41, 5.74) is 1.17. The first kappa shape index (κ1) is 26.4. The molecule has 0 saturated carbocycles. The number of nitrogens with zero attached hydrogens (tertiary/aromatic N) is 2. The van der Waals surface area contributed by atoms with Gasteiger partial charge in [-0.2, -0.15) is 0 Å². The van der Waals surface area contributed by atoms with E-state index in [9.17, 15) is 18.0 Å². The molecule has 0 aliphatic carbocycles. The van der Waals surface area contributed by atoms with Crippen LogP contribution in [-0.4, -0.2) is 44.3 Å². The highest BCUT2D eigenvalue weighted by Crippen LogP contribution is 2.24. The van der Waals surface area contributed by atoms with E-state index in [2.05, 4.69) is 21.2 Å². The van der Waals surface area contributed by atoms with Crippen LogP contribution in [0.1, 0.15) is 19.4 Å². The maximum Gasteiger partial charge on any atom is 0.264 e. The van der Waals surface area contributed by atoms with Crippen molar-refractivity contribution in [2.24, 2.45) is 0 Å². The second-order valence-electron chi connectivity index (χ2n) is 7.88. The van der Waals surface area contributed by atoms with Gasteiger partial charge in [0.1, 0.15) is 12.6 Å². The minimum atomic E-state index is -4.04. The van der Waals surface area contributed by atoms with E-state index in [1.807, 2.05) is 24.3 Å². The highest BCUT2D eigenvalue weighted by atomic mass is 79.9. The van der Waals surface area contributed by atoms with Crippen molar-refractivity contribution >= 4 is 43.5 Å². The lowest BCUT2D eigenvalue weighted by Gasteiger charge is -2.32. The van der Waals surface area contributed by atoms with Crippen LogP contribution in [0.2, 0.25) is 0 Å². The number of benzene rings is 3. The summed E-state index contributed by atoms with van der Waals surface area (Å²) in [6.07, 6.45) is 0. The van der Waals surface area contributed by atoms with Crippen LogP contribution in [0.4, 0.5) is 5.69 Å². The highest BCUT2D eigenvalue weighted by Gasteiger charge is 2.32. The zero-order chi connectivity index (χ0) is 25.4. The lowest BCUT2D eigenvalue weighted by Crippen LogP contribution is -2.51. The molecule has 0 saturated heterocycles. The third-order valence-electron chi connectivity index (χ3n) is 5.44. The van der Waals surface area contributed by atoms with Crippen LogP contribution in [-0.2, 0) is 26.2 Å². The summed E-state index contributed by atoms with van der Waals surface area (Å²) < 4.78 is 29.1. The lowest BCUT2D eigenvalue weighted by atomic mass is 10.1. The Morgan fingerprint density at radius 3 is 2.06 bits per heavy atom. The van der Waals surface area contributed by atoms with Gasteiger partial charge >= 0.3 is 0 Å². The Kier molecular flexibility index (Phi) is 9.06. The van der Waals surface area contributed by atoms with Gasteiger partial charge in [0.15, 0.2) is 0 Å². The number of rotatable bonds is 10. The van der Waals surface area contributed by atoms with Crippen molar-refractivity contribution < 1.29 is 18.0 Å². The largest absolute Gasteiger partial charge is 0.355 e. The number of hydrogen-bond donors (Lipinski definition) is 1. The number of hydrogen-bond acceptors (Lipinski definition) is 4. The molecule has 2 amide bonds. The van der Waals surface area contributed by atoms with Gasteiger partial charge in [-0.05, 0) is 55.8 Å². The standard InChI is InChI=1S/C26H28BrN3O4S/c1-3-28-26(32)20(2)29(18-21-14-16-22(27)17-15-21)25(31)19-30(23-10-6-4-7-11-23)35(33,34)24-12-8-5-9-13-24/h4-17,20H,3,18-19H2,1-2H3,(H,28,32)/t20-/m1/s1. The van der Waals surface area contributed by atoms with E-state index < -0.39 is 28.5 Å². The van der Waals surface area contributed by atoms with Crippen LogP contribution in [0.15, 0.2) is 94.3 Å². The van der Waals surface area contributed by atoms with Crippen LogP contribution < -0.4 is 9.62 Å². The number of sulfonamides is 1. The fourth-order valence-electron chi connectivity index (χ4n) is 3.53. The molecular formula is C26H28BrN3O4S. The average Bonchev–Trinajstić information content (AvgIpc) is 2.87. The van der Waals surface area contributed by atoms with Gasteiger partial charge in [0.25, 0.3) is 10.0 Å². The summed E-state index contributed by atoms with van der Waals surface area (Å²) in [6, 6.07) is 23.1. The van der Waals surface area contributed by atoms with Crippen molar-refractivity contribution in [1.29, 1.82) is 0 Å². The minimum absolute atomic E-state index is 0.0767. The maximum atomic E-state index is 13.7. The number of anilines is 1. The highest BCUT2D eigenvalue weighted by molar-refractivity contribution is 9.10. The molecule has 1 atom stereocenters. The number of likely N-dealkylation sites (N-methyl/N-ethyl adjacent to an activating group) is 1. The zero-order valence-corrected chi connectivity index (χ0v) is 22.0. The molecule has 7 nitrogen and oxygen atoms in total. The molecule has 0 aromatic heterocycles. The Labute approximate surface area is 214 Å². The fourth-order valence-corrected chi connectivity index (χ4v) is 5.23. The second kappa shape index (κ2) is 12.0. The number of para-hydroxylation sites is 1. The van der Waals surface area contributed by atoms with E-state index in [1.165, 1.54) is 17.0 Å². The molecule has 0 aliphatic heterocycles. The van der Waals surface area contributed by atoms with Crippen molar-refractivity contribution in [3.8, 4) is 0 Å². The van der Waals surface area contributed by atoms with Gasteiger partial charge in [0.2, 0.25) is 11.8 Å². The molecule has 0 spiro atoms. The molecule has 35 heavy (non-hydrogen) atoms. The Balaban J connectivity index is 1.98. The Morgan fingerprint density at radius 1 is 0.914 bits per heavy atom. The number of amides is 2. The number of carbonyl (C=O) groups excluding carboxylic acids is 2. The summed E-state index contributed by atoms with van der Waals surface area (Å²) in [5.74, 6) is -0.801. The van der Waals surface area contributed by atoms with E-state index >= 15 is 0 Å². The van der Waals surface area contributed by atoms with Crippen molar-refractivity contribution in [2.45, 2.75) is 31.3 Å². The van der Waals surface area contributed by atoms with Crippen LogP contribution in [0.25, 0.3) is 0 Å². The second-order valence-corrected chi connectivity index (χ2v) is 10.7. The molecule has 0 aliphatic rings. The van der Waals surface area contributed by atoms with Crippen LogP contribution >= 0.6 is 15.9 Å². The maximum absolute atomic E-state index is 13.7. The fraction of sp³-hybridized carbons (Fsp3) is 0.231. The van der Waals surface area contributed by atoms with E-state index in [-0.39, 0.29) is 17.3 Å². The molecule has 9 heteroatoms. The molecule has 0 unspecified atom stereocenters. The first-order valence-corrected chi connectivity index (χ1v) is 13.4. The molecule has 184 valence electrons. The monoisotopic (exact) mass is 557 g/mol. The Bertz CT molecular complexity index is 1240. The van der Waals surface area contributed by atoms with E-state index in [4.69, 9.17) is 0 Å². The summed E-state index contributed by atoms with van der Waals surface area (Å²) in [5, 5.41) is 2.74. The average molecular weight is 558 g/mol. The van der Waals surface area contributed by atoms with Gasteiger partial charge in [0, 0.05) is 17.6 Å². The van der Waals surface area contributed by atoms with Crippen molar-refractivity contribution in [3.05, 3.63) is 95.0 Å². The molecule has 0 radical (unpaired) electrons. The van der Waals surface area contributed by atoms with Gasteiger partial charge in [-0.1, -0.05) is 64.5 Å². The van der Waals surface area contributed by atoms with Crippen molar-refractivity contribution in [3.63, 3.8) is 0 Å². The topological polar surface area (TPSA) is 86.8 Å². The molecule has 0 heterocycles. The van der Waals surface area contributed by atoms with Gasteiger partial charge in [-0.15, -0.1) is 0 Å². The predicted octanol–water partition coefficient (Wildman–Crippen LogP) is 4.20. The summed E-state index contributed by atoms with van der Waals surface area (Å²) in [7, 11) is -4.04. The molecule has 0 bridgehead atoms. The number of halogens is 1. The first-order chi connectivity index (χ1) is 16.7. The molecular weight excluding hydrogens is 530 g/mol. The predicted molar refractivity (Wildman–Crippen MR) is 140 cm³/mol. The minimum Gasteiger partial charge on any atom is -0.355 e. The molecule has 3 aromatic carbocycles. The first-order valence-electron chi connectivity index (χ1n) is 11.2. The summed E-state index contributed by atoms with van der Waals surface area (Å²) in [6.45, 7) is 3.55. The third kappa shape index (κ3) is 6.70. The van der Waals surface area contributed by atoms with Crippen molar-refractivity contribution in [2.75, 3.05) is 17.4 Å². The molecule has 3 aromatic rings. The normalized spacial score (nSPS) is 12.0. The zero-order valence-electron chi connectivity index (χ0n) is 19.6. The van der Waals surface area contributed by atoms with E-state index in [1.54, 1.807) is 62.4 Å².